The first-order chi connectivity index (χ1) is 15.8. The minimum absolute atomic E-state index is 0.0473. The Hall–Kier alpha value is -3.60. The molecular formula is C21H23ClFN7O3. The third-order valence-electron chi connectivity index (χ3n) is 5.65. The lowest BCUT2D eigenvalue weighted by molar-refractivity contribution is -0.134. The van der Waals surface area contributed by atoms with Gasteiger partial charge in [-0.3, -0.25) is 14.5 Å². The molecule has 0 aliphatic carbocycles. The first kappa shape index (κ1) is 22.6. The highest BCUT2D eigenvalue weighted by molar-refractivity contribution is 6.32. The SMILES string of the molecule is COc1cc(N2CCN(C(=O)Cn3nc(/C(N)=N/O)c4ncccc43)C(C)C2)c(F)cc1Cl. The van der Waals surface area contributed by atoms with Crippen molar-refractivity contribution in [3.05, 3.63) is 47.0 Å². The summed E-state index contributed by atoms with van der Waals surface area (Å²) in [6.45, 7) is 3.13. The van der Waals surface area contributed by atoms with Crippen LogP contribution in [-0.2, 0) is 11.3 Å². The minimum atomic E-state index is -0.445. The highest BCUT2D eigenvalue weighted by Crippen LogP contribution is 2.33. The molecule has 0 bridgehead atoms. The molecule has 1 amide bonds. The highest BCUT2D eigenvalue weighted by atomic mass is 35.5. The standard InChI is InChI=1S/C21H23ClFN7O3/c1-12-10-28(16-9-17(33-2)13(22)8-14(16)23)6-7-29(12)18(31)11-30-15-4-3-5-25-19(15)20(26-30)21(24)27-32/h3-5,8-9,12,32H,6-7,10-11H2,1-2H3,(H2,24,27). The van der Waals surface area contributed by atoms with Crippen molar-refractivity contribution in [2.45, 2.75) is 19.5 Å². The van der Waals surface area contributed by atoms with Gasteiger partial charge < -0.3 is 25.5 Å². The number of carbonyl (C=O) groups excluding carboxylic acids is 1. The van der Waals surface area contributed by atoms with Gasteiger partial charge in [0.15, 0.2) is 11.5 Å². The van der Waals surface area contributed by atoms with E-state index >= 15 is 0 Å². The Morgan fingerprint density at radius 3 is 2.91 bits per heavy atom. The van der Waals surface area contributed by atoms with Gasteiger partial charge in [0.1, 0.15) is 23.6 Å². The van der Waals surface area contributed by atoms with E-state index in [1.807, 2.05) is 11.8 Å². The van der Waals surface area contributed by atoms with E-state index in [-0.39, 0.29) is 35.0 Å². The number of nitrogens with zero attached hydrogens (tertiary/aromatic N) is 6. The largest absolute Gasteiger partial charge is 0.495 e. The summed E-state index contributed by atoms with van der Waals surface area (Å²) in [6.07, 6.45) is 1.57. The van der Waals surface area contributed by atoms with Gasteiger partial charge in [-0.1, -0.05) is 16.8 Å². The number of amidine groups is 1. The van der Waals surface area contributed by atoms with E-state index in [2.05, 4.69) is 15.2 Å². The van der Waals surface area contributed by atoms with Crippen LogP contribution in [0.1, 0.15) is 12.6 Å². The third-order valence-corrected chi connectivity index (χ3v) is 5.95. The molecule has 3 aromatic rings. The van der Waals surface area contributed by atoms with Crippen LogP contribution in [0, 0.1) is 5.82 Å². The zero-order valence-electron chi connectivity index (χ0n) is 18.1. The normalized spacial score (nSPS) is 17.0. The maximum Gasteiger partial charge on any atom is 0.244 e. The van der Waals surface area contributed by atoms with E-state index in [9.17, 15) is 9.18 Å². The summed E-state index contributed by atoms with van der Waals surface area (Å²) in [5, 5.41) is 16.6. The molecule has 1 aliphatic heterocycles. The first-order valence-corrected chi connectivity index (χ1v) is 10.6. The van der Waals surface area contributed by atoms with Gasteiger partial charge >= 0.3 is 0 Å². The molecule has 1 unspecified atom stereocenters. The molecule has 174 valence electrons. The Morgan fingerprint density at radius 2 is 2.21 bits per heavy atom. The fourth-order valence-electron chi connectivity index (χ4n) is 4.03. The van der Waals surface area contributed by atoms with Crippen LogP contribution in [0.4, 0.5) is 10.1 Å². The van der Waals surface area contributed by atoms with E-state index in [1.165, 1.54) is 17.9 Å². The number of piperazine rings is 1. The molecule has 0 radical (unpaired) electrons. The summed E-state index contributed by atoms with van der Waals surface area (Å²) < 4.78 is 21.2. The van der Waals surface area contributed by atoms with Gasteiger partial charge in [-0.15, -0.1) is 0 Å². The zero-order valence-corrected chi connectivity index (χ0v) is 18.8. The number of methoxy groups -OCH3 is 1. The van der Waals surface area contributed by atoms with Gasteiger partial charge in [-0.2, -0.15) is 5.10 Å². The van der Waals surface area contributed by atoms with E-state index in [1.54, 1.807) is 29.3 Å². The Morgan fingerprint density at radius 1 is 1.42 bits per heavy atom. The lowest BCUT2D eigenvalue weighted by atomic mass is 10.1. The monoisotopic (exact) mass is 475 g/mol. The van der Waals surface area contributed by atoms with Gasteiger partial charge in [0, 0.05) is 37.9 Å². The lowest BCUT2D eigenvalue weighted by Crippen LogP contribution is -2.55. The summed E-state index contributed by atoms with van der Waals surface area (Å²) in [7, 11) is 1.47. The van der Waals surface area contributed by atoms with Gasteiger partial charge in [-0.25, -0.2) is 4.39 Å². The van der Waals surface area contributed by atoms with E-state index in [0.29, 0.717) is 42.1 Å². The lowest BCUT2D eigenvalue weighted by Gasteiger charge is -2.41. The van der Waals surface area contributed by atoms with Gasteiger partial charge in [0.2, 0.25) is 5.91 Å². The third kappa shape index (κ3) is 4.23. The van der Waals surface area contributed by atoms with Crippen molar-refractivity contribution in [2.24, 2.45) is 10.9 Å². The molecule has 1 aliphatic rings. The number of rotatable bonds is 5. The molecule has 3 N–H and O–H groups in total. The average molecular weight is 476 g/mol. The fourth-order valence-corrected chi connectivity index (χ4v) is 4.26. The van der Waals surface area contributed by atoms with Crippen LogP contribution in [0.5, 0.6) is 5.75 Å². The molecule has 10 nitrogen and oxygen atoms in total. The topological polar surface area (TPSA) is 122 Å². The molecule has 1 saturated heterocycles. The Kier molecular flexibility index (Phi) is 6.23. The summed E-state index contributed by atoms with van der Waals surface area (Å²) >= 11 is 6.00. The maximum atomic E-state index is 14.5. The second kappa shape index (κ2) is 9.10. The van der Waals surface area contributed by atoms with E-state index < -0.39 is 5.82 Å². The van der Waals surface area contributed by atoms with Crippen LogP contribution in [0.25, 0.3) is 11.0 Å². The number of nitrogens with two attached hydrogens (primary N) is 1. The Bertz CT molecular complexity index is 1230. The number of amides is 1. The predicted molar refractivity (Wildman–Crippen MR) is 121 cm³/mol. The molecule has 12 heteroatoms. The van der Waals surface area contributed by atoms with Crippen molar-refractivity contribution < 1.29 is 19.1 Å². The number of pyridine rings is 1. The Labute approximate surface area is 194 Å². The number of halogens is 2. The predicted octanol–water partition coefficient (Wildman–Crippen LogP) is 2.06. The molecule has 3 heterocycles. The molecule has 0 spiro atoms. The van der Waals surface area contributed by atoms with Crippen LogP contribution in [0.3, 0.4) is 0 Å². The van der Waals surface area contributed by atoms with Crippen molar-refractivity contribution in [2.75, 3.05) is 31.6 Å². The number of aromatic nitrogens is 3. The molecule has 4 rings (SSSR count). The second-order valence-corrected chi connectivity index (χ2v) is 8.09. The summed E-state index contributed by atoms with van der Waals surface area (Å²) in [5.41, 5.74) is 7.32. The number of hydrogen-bond donors (Lipinski definition) is 2. The van der Waals surface area contributed by atoms with Crippen molar-refractivity contribution >= 4 is 40.1 Å². The maximum absolute atomic E-state index is 14.5. The molecule has 1 atom stereocenters. The van der Waals surface area contributed by atoms with Crippen molar-refractivity contribution in [3.63, 3.8) is 0 Å². The fraction of sp³-hybridized carbons (Fsp3) is 0.333. The summed E-state index contributed by atoms with van der Waals surface area (Å²) in [5.74, 6) is -0.401. The number of hydrogen-bond acceptors (Lipinski definition) is 7. The van der Waals surface area contributed by atoms with Crippen molar-refractivity contribution in [1.29, 1.82) is 0 Å². The second-order valence-electron chi connectivity index (χ2n) is 7.68. The zero-order chi connectivity index (χ0) is 23.7. The quantitative estimate of drug-likeness (QED) is 0.250. The summed E-state index contributed by atoms with van der Waals surface area (Å²) in [6, 6.07) is 6.09. The molecular weight excluding hydrogens is 453 g/mol. The van der Waals surface area contributed by atoms with Gasteiger partial charge in [0.05, 0.1) is 23.3 Å². The average Bonchev–Trinajstić information content (AvgIpc) is 3.17. The van der Waals surface area contributed by atoms with Crippen LogP contribution < -0.4 is 15.4 Å². The number of carbonyl (C=O) groups is 1. The highest BCUT2D eigenvalue weighted by Gasteiger charge is 2.30. The molecule has 2 aromatic heterocycles. The van der Waals surface area contributed by atoms with Crippen LogP contribution in [0.15, 0.2) is 35.6 Å². The van der Waals surface area contributed by atoms with Gasteiger partial charge in [-0.05, 0) is 25.1 Å². The molecule has 1 fully saturated rings. The van der Waals surface area contributed by atoms with Crippen molar-refractivity contribution in [3.8, 4) is 5.75 Å². The number of anilines is 1. The molecule has 0 saturated carbocycles. The van der Waals surface area contributed by atoms with Crippen molar-refractivity contribution in [1.82, 2.24) is 19.7 Å². The van der Waals surface area contributed by atoms with Crippen LogP contribution in [-0.4, -0.2) is 69.4 Å². The number of benzene rings is 1. The number of fused-ring (bicyclic) bond motifs is 1. The van der Waals surface area contributed by atoms with E-state index in [0.717, 1.165) is 0 Å². The smallest absolute Gasteiger partial charge is 0.244 e. The summed E-state index contributed by atoms with van der Waals surface area (Å²) in [4.78, 5) is 21.0. The molecule has 33 heavy (non-hydrogen) atoms. The van der Waals surface area contributed by atoms with Crippen LogP contribution in [0.2, 0.25) is 5.02 Å². The van der Waals surface area contributed by atoms with E-state index in [4.69, 9.17) is 27.3 Å². The molecule has 1 aromatic carbocycles. The first-order valence-electron chi connectivity index (χ1n) is 10.2. The van der Waals surface area contributed by atoms with Crippen LogP contribution >= 0.6 is 11.6 Å². The minimum Gasteiger partial charge on any atom is -0.495 e. The Balaban J connectivity index is 1.52. The number of ether oxygens (including phenoxy) is 1. The van der Waals surface area contributed by atoms with Gasteiger partial charge in [0.25, 0.3) is 0 Å². The number of oxime groups is 1.